The molecule has 32 heavy (non-hydrogen) atoms. The van der Waals surface area contributed by atoms with Gasteiger partial charge in [-0.15, -0.1) is 5.10 Å². The number of nitrogens with two attached hydrogens (primary N) is 1. The number of hydrogen-bond acceptors (Lipinski definition) is 9. The molecule has 0 aliphatic heterocycles. The standard InChI is InChI=1S/C19H14Cl2N8O3/c1-31-11-5-2-4-10(8-11)16-15(24-28-29(16)18-17(22)26-32-27-18)19(30)25-23-9-12-13(20)6-3-7-14(12)21/h2-9H,1H3,(H2,22,26)(H,25,30)/b23-9+. The van der Waals surface area contributed by atoms with Gasteiger partial charge in [0.05, 0.1) is 23.4 Å². The van der Waals surface area contributed by atoms with Crippen LogP contribution in [0, 0.1) is 0 Å². The van der Waals surface area contributed by atoms with Crippen molar-refractivity contribution in [3.8, 4) is 22.8 Å². The maximum atomic E-state index is 12.9. The number of methoxy groups -OCH3 is 1. The lowest BCUT2D eigenvalue weighted by molar-refractivity contribution is 0.0950. The van der Waals surface area contributed by atoms with Gasteiger partial charge >= 0.3 is 0 Å². The fourth-order valence-electron chi connectivity index (χ4n) is 2.79. The third kappa shape index (κ3) is 4.11. The predicted molar refractivity (Wildman–Crippen MR) is 117 cm³/mol. The molecular formula is C19H14Cl2N8O3. The number of ether oxygens (including phenoxy) is 1. The number of nitrogens with one attached hydrogen (secondary N) is 1. The summed E-state index contributed by atoms with van der Waals surface area (Å²) in [7, 11) is 1.52. The Morgan fingerprint density at radius 1 is 1.22 bits per heavy atom. The van der Waals surface area contributed by atoms with Crippen LogP contribution in [-0.4, -0.2) is 44.5 Å². The first kappa shape index (κ1) is 21.3. The van der Waals surface area contributed by atoms with Gasteiger partial charge in [0.1, 0.15) is 11.4 Å². The van der Waals surface area contributed by atoms with Crippen molar-refractivity contribution < 1.29 is 14.2 Å². The molecule has 11 nitrogen and oxygen atoms in total. The van der Waals surface area contributed by atoms with Crippen LogP contribution in [0.4, 0.5) is 5.82 Å². The number of nitrogen functional groups attached to an aromatic ring is 1. The predicted octanol–water partition coefficient (Wildman–Crippen LogP) is 2.98. The average molecular weight is 473 g/mol. The van der Waals surface area contributed by atoms with E-state index >= 15 is 0 Å². The van der Waals surface area contributed by atoms with Crippen LogP contribution in [0.2, 0.25) is 10.0 Å². The molecule has 0 saturated heterocycles. The summed E-state index contributed by atoms with van der Waals surface area (Å²) in [6.07, 6.45) is 1.33. The van der Waals surface area contributed by atoms with Crippen LogP contribution >= 0.6 is 23.2 Å². The van der Waals surface area contributed by atoms with Gasteiger partial charge in [0.2, 0.25) is 11.6 Å². The third-order valence-electron chi connectivity index (χ3n) is 4.28. The second-order valence-electron chi connectivity index (χ2n) is 6.24. The highest BCUT2D eigenvalue weighted by molar-refractivity contribution is 6.38. The summed E-state index contributed by atoms with van der Waals surface area (Å²) in [5.74, 6) is -0.0548. The van der Waals surface area contributed by atoms with Gasteiger partial charge in [-0.25, -0.2) is 10.1 Å². The van der Waals surface area contributed by atoms with Gasteiger partial charge < -0.3 is 10.5 Å². The minimum absolute atomic E-state index is 0.0302. The maximum Gasteiger partial charge on any atom is 0.294 e. The zero-order valence-corrected chi connectivity index (χ0v) is 17.9. The molecule has 2 aromatic carbocycles. The lowest BCUT2D eigenvalue weighted by Crippen LogP contribution is -2.19. The van der Waals surface area contributed by atoms with Crippen molar-refractivity contribution in [2.75, 3.05) is 12.8 Å². The highest BCUT2D eigenvalue weighted by atomic mass is 35.5. The molecule has 2 heterocycles. The van der Waals surface area contributed by atoms with Gasteiger partial charge in [0, 0.05) is 11.1 Å². The van der Waals surface area contributed by atoms with Gasteiger partial charge in [0.25, 0.3) is 5.91 Å². The summed E-state index contributed by atoms with van der Waals surface area (Å²) >= 11 is 12.2. The van der Waals surface area contributed by atoms with Gasteiger partial charge in [0.15, 0.2) is 5.69 Å². The number of benzene rings is 2. The molecule has 0 aliphatic carbocycles. The highest BCUT2D eigenvalue weighted by Crippen LogP contribution is 2.29. The molecular weight excluding hydrogens is 459 g/mol. The van der Waals surface area contributed by atoms with Crippen molar-refractivity contribution in [2.24, 2.45) is 5.10 Å². The largest absolute Gasteiger partial charge is 0.497 e. The van der Waals surface area contributed by atoms with Crippen molar-refractivity contribution in [1.82, 2.24) is 30.7 Å². The van der Waals surface area contributed by atoms with Crippen LogP contribution in [0.15, 0.2) is 52.2 Å². The summed E-state index contributed by atoms with van der Waals surface area (Å²) in [6.45, 7) is 0. The molecule has 0 unspecified atom stereocenters. The Morgan fingerprint density at radius 2 is 1.97 bits per heavy atom. The smallest absolute Gasteiger partial charge is 0.294 e. The van der Waals surface area contributed by atoms with Crippen LogP contribution in [0.1, 0.15) is 16.1 Å². The molecule has 3 N–H and O–H groups in total. The minimum Gasteiger partial charge on any atom is -0.497 e. The monoisotopic (exact) mass is 472 g/mol. The van der Waals surface area contributed by atoms with Gasteiger partial charge in [-0.05, 0) is 34.6 Å². The SMILES string of the molecule is COc1cccc(-c2c(C(=O)N/N=C/c3c(Cl)cccc3Cl)nnn2-c2nonc2N)c1. The van der Waals surface area contributed by atoms with E-state index in [-0.39, 0.29) is 23.0 Å². The maximum absolute atomic E-state index is 12.9. The van der Waals surface area contributed by atoms with E-state index in [0.717, 1.165) is 0 Å². The number of halogens is 2. The molecule has 4 rings (SSSR count). The molecule has 0 saturated carbocycles. The molecule has 0 radical (unpaired) electrons. The van der Waals surface area contributed by atoms with Crippen molar-refractivity contribution in [2.45, 2.75) is 0 Å². The number of anilines is 1. The van der Waals surface area contributed by atoms with Crippen LogP contribution in [0.3, 0.4) is 0 Å². The quantitative estimate of drug-likeness (QED) is 0.321. The Morgan fingerprint density at radius 3 is 2.66 bits per heavy atom. The molecule has 1 amide bonds. The van der Waals surface area contributed by atoms with E-state index in [2.05, 4.69) is 35.8 Å². The molecule has 0 atom stereocenters. The number of carbonyl (C=O) groups is 1. The molecule has 2 aromatic heterocycles. The Kier molecular flexibility index (Phi) is 6.01. The molecule has 162 valence electrons. The molecule has 13 heteroatoms. The van der Waals surface area contributed by atoms with Crippen molar-refractivity contribution >= 4 is 41.1 Å². The number of aromatic nitrogens is 5. The Bertz CT molecular complexity index is 1300. The first-order valence-electron chi connectivity index (χ1n) is 8.95. The molecule has 4 aromatic rings. The molecule has 0 aliphatic rings. The van der Waals surface area contributed by atoms with Crippen LogP contribution in [0.25, 0.3) is 17.1 Å². The van der Waals surface area contributed by atoms with Gasteiger partial charge in [-0.2, -0.15) is 9.78 Å². The summed E-state index contributed by atoms with van der Waals surface area (Å²) in [5.41, 5.74) is 9.42. The van der Waals surface area contributed by atoms with Gasteiger partial charge in [-0.3, -0.25) is 4.79 Å². The number of amides is 1. The highest BCUT2D eigenvalue weighted by Gasteiger charge is 2.25. The Balaban J connectivity index is 1.72. The number of hydrogen-bond donors (Lipinski definition) is 2. The topological polar surface area (TPSA) is 146 Å². The second-order valence-corrected chi connectivity index (χ2v) is 7.05. The number of carbonyl (C=O) groups excluding carboxylic acids is 1. The van der Waals surface area contributed by atoms with Crippen molar-refractivity contribution in [3.05, 3.63) is 63.8 Å². The number of nitrogens with zero attached hydrogens (tertiary/aromatic N) is 6. The zero-order chi connectivity index (χ0) is 22.7. The molecule has 0 fully saturated rings. The first-order chi connectivity index (χ1) is 15.5. The number of rotatable bonds is 6. The summed E-state index contributed by atoms with van der Waals surface area (Å²) in [4.78, 5) is 12.9. The van der Waals surface area contributed by atoms with Crippen molar-refractivity contribution in [3.63, 3.8) is 0 Å². The average Bonchev–Trinajstić information content (AvgIpc) is 3.41. The van der Waals surface area contributed by atoms with E-state index in [1.54, 1.807) is 42.5 Å². The third-order valence-corrected chi connectivity index (χ3v) is 4.94. The van der Waals surface area contributed by atoms with Gasteiger partial charge in [-0.1, -0.05) is 46.6 Å². The Labute approximate surface area is 190 Å². The van der Waals surface area contributed by atoms with E-state index in [0.29, 0.717) is 26.9 Å². The number of hydrazone groups is 1. The Hall–Kier alpha value is -3.96. The second kappa shape index (κ2) is 9.04. The van der Waals surface area contributed by atoms with Crippen LogP contribution < -0.4 is 15.9 Å². The summed E-state index contributed by atoms with van der Waals surface area (Å²) < 4.78 is 11.2. The molecule has 0 spiro atoms. The molecule has 0 bridgehead atoms. The fraction of sp³-hybridized carbons (Fsp3) is 0.0526. The van der Waals surface area contributed by atoms with Crippen LogP contribution in [-0.2, 0) is 0 Å². The van der Waals surface area contributed by atoms with E-state index in [4.69, 9.17) is 33.7 Å². The van der Waals surface area contributed by atoms with E-state index in [1.807, 2.05) is 0 Å². The minimum atomic E-state index is -0.650. The lowest BCUT2D eigenvalue weighted by atomic mass is 10.1. The lowest BCUT2D eigenvalue weighted by Gasteiger charge is -2.07. The fourth-order valence-corrected chi connectivity index (χ4v) is 3.29. The summed E-state index contributed by atoms with van der Waals surface area (Å²) in [6, 6.07) is 11.9. The van der Waals surface area contributed by atoms with E-state index < -0.39 is 5.91 Å². The van der Waals surface area contributed by atoms with E-state index in [1.165, 1.54) is 18.0 Å². The van der Waals surface area contributed by atoms with E-state index in [9.17, 15) is 4.79 Å². The summed E-state index contributed by atoms with van der Waals surface area (Å²) in [5, 5.41) is 19.9. The van der Waals surface area contributed by atoms with Crippen molar-refractivity contribution in [1.29, 1.82) is 0 Å². The first-order valence-corrected chi connectivity index (χ1v) is 9.71. The normalized spacial score (nSPS) is 11.1. The van der Waals surface area contributed by atoms with Crippen LogP contribution in [0.5, 0.6) is 5.75 Å². The zero-order valence-electron chi connectivity index (χ0n) is 16.4.